The molecule has 0 aromatic heterocycles. The highest BCUT2D eigenvalue weighted by Crippen LogP contribution is 2.44. The molecule has 7 heteroatoms. The summed E-state index contributed by atoms with van der Waals surface area (Å²) in [6.07, 6.45) is 2.56. The van der Waals surface area contributed by atoms with Crippen LogP contribution in [0.3, 0.4) is 0 Å². The molecule has 0 spiro atoms. The standard InChI is InChI=1S/C26H28ClN3O2S/c1-14-7-8-21(15(2)9-14)30-24(32)19(23(31)28-25(30)33)11-17-10-18-16(3)13-26(4,5)29(6)22(18)12-20(17)27/h7-12,16H,13H2,1-6H3,(H,28,31,33)/b19-11+/t16-/m1/s1. The largest absolute Gasteiger partial charge is 0.369 e. The number of fused-ring (bicyclic) bond motifs is 1. The second kappa shape index (κ2) is 8.26. The summed E-state index contributed by atoms with van der Waals surface area (Å²) in [4.78, 5) is 29.8. The number of rotatable bonds is 2. The number of anilines is 2. The molecule has 4 rings (SSSR count). The zero-order chi connectivity index (χ0) is 24.2. The summed E-state index contributed by atoms with van der Waals surface area (Å²) in [5.74, 6) is -0.669. The fourth-order valence-corrected chi connectivity index (χ4v) is 5.29. The fraction of sp³-hybridized carbons (Fsp3) is 0.346. The van der Waals surface area contributed by atoms with E-state index in [0.717, 1.165) is 28.8 Å². The average molecular weight is 482 g/mol. The van der Waals surface area contributed by atoms with Gasteiger partial charge < -0.3 is 4.90 Å². The number of thiocarbonyl (C=S) groups is 1. The minimum absolute atomic E-state index is 0.00238. The maximum atomic E-state index is 13.4. The van der Waals surface area contributed by atoms with Crippen molar-refractivity contribution in [3.05, 3.63) is 63.2 Å². The number of nitrogens with zero attached hydrogens (tertiary/aromatic N) is 2. The molecule has 1 N–H and O–H groups in total. The lowest BCUT2D eigenvalue weighted by molar-refractivity contribution is -0.122. The Kier molecular flexibility index (Phi) is 5.87. The van der Waals surface area contributed by atoms with Crippen LogP contribution in [0.25, 0.3) is 6.08 Å². The van der Waals surface area contributed by atoms with Gasteiger partial charge in [-0.25, -0.2) is 0 Å². The number of aryl methyl sites for hydroxylation is 2. The first kappa shape index (κ1) is 23.5. The van der Waals surface area contributed by atoms with Crippen LogP contribution in [0.1, 0.15) is 55.4 Å². The molecule has 2 aliphatic heterocycles. The van der Waals surface area contributed by atoms with Gasteiger partial charge in [0, 0.05) is 23.3 Å². The Morgan fingerprint density at radius 2 is 1.85 bits per heavy atom. The van der Waals surface area contributed by atoms with Crippen LogP contribution in [0, 0.1) is 13.8 Å². The summed E-state index contributed by atoms with van der Waals surface area (Å²) >= 11 is 12.0. The van der Waals surface area contributed by atoms with Crippen LogP contribution in [0.5, 0.6) is 0 Å². The van der Waals surface area contributed by atoms with Gasteiger partial charge in [0.05, 0.1) is 5.69 Å². The average Bonchev–Trinajstić information content (AvgIpc) is 2.71. The van der Waals surface area contributed by atoms with Crippen molar-refractivity contribution >= 4 is 58.2 Å². The number of amides is 2. The van der Waals surface area contributed by atoms with Crippen molar-refractivity contribution in [2.24, 2.45) is 0 Å². The van der Waals surface area contributed by atoms with Gasteiger partial charge in [-0.2, -0.15) is 0 Å². The smallest absolute Gasteiger partial charge is 0.270 e. The molecule has 1 fully saturated rings. The van der Waals surface area contributed by atoms with E-state index < -0.39 is 11.8 Å². The van der Waals surface area contributed by atoms with E-state index in [4.69, 9.17) is 23.8 Å². The van der Waals surface area contributed by atoms with Gasteiger partial charge in [-0.3, -0.25) is 19.8 Å². The zero-order valence-corrected chi connectivity index (χ0v) is 21.3. The second-order valence-electron chi connectivity index (χ2n) is 9.66. The monoisotopic (exact) mass is 481 g/mol. The molecule has 172 valence electrons. The van der Waals surface area contributed by atoms with Gasteiger partial charge in [-0.05, 0) is 93.2 Å². The van der Waals surface area contributed by atoms with Crippen LogP contribution < -0.4 is 15.1 Å². The second-order valence-corrected chi connectivity index (χ2v) is 10.5. The lowest BCUT2D eigenvalue weighted by atomic mass is 9.80. The third-order valence-corrected chi connectivity index (χ3v) is 7.36. The molecule has 2 aliphatic rings. The van der Waals surface area contributed by atoms with E-state index in [-0.39, 0.29) is 16.2 Å². The molecule has 2 heterocycles. The van der Waals surface area contributed by atoms with E-state index in [9.17, 15) is 9.59 Å². The molecule has 2 aromatic carbocycles. The summed E-state index contributed by atoms with van der Waals surface area (Å²) < 4.78 is 0. The van der Waals surface area contributed by atoms with Crippen LogP contribution in [0.2, 0.25) is 5.02 Å². The summed E-state index contributed by atoms with van der Waals surface area (Å²) in [5.41, 5.74) is 5.50. The summed E-state index contributed by atoms with van der Waals surface area (Å²) in [7, 11) is 2.07. The molecule has 33 heavy (non-hydrogen) atoms. The first-order valence-electron chi connectivity index (χ1n) is 11.0. The minimum Gasteiger partial charge on any atom is -0.369 e. The zero-order valence-electron chi connectivity index (χ0n) is 19.7. The van der Waals surface area contributed by atoms with E-state index in [2.05, 4.69) is 38.0 Å². The van der Waals surface area contributed by atoms with Crippen LogP contribution in [0.15, 0.2) is 35.9 Å². The minimum atomic E-state index is -0.522. The van der Waals surface area contributed by atoms with Crippen molar-refractivity contribution in [2.45, 2.75) is 52.5 Å². The highest BCUT2D eigenvalue weighted by molar-refractivity contribution is 7.80. The number of hydrogen-bond donors (Lipinski definition) is 1. The van der Waals surface area contributed by atoms with Gasteiger partial charge in [-0.15, -0.1) is 0 Å². The highest BCUT2D eigenvalue weighted by Gasteiger charge is 2.37. The lowest BCUT2D eigenvalue weighted by Gasteiger charge is -2.45. The molecular formula is C26H28ClN3O2S. The molecule has 1 saturated heterocycles. The molecule has 5 nitrogen and oxygen atoms in total. The van der Waals surface area contributed by atoms with Gasteiger partial charge in [0.2, 0.25) is 0 Å². The quantitative estimate of drug-likeness (QED) is 0.349. The van der Waals surface area contributed by atoms with Gasteiger partial charge in [0.1, 0.15) is 5.57 Å². The maximum absolute atomic E-state index is 13.4. The number of carbonyl (C=O) groups is 2. The van der Waals surface area contributed by atoms with Gasteiger partial charge in [-0.1, -0.05) is 36.2 Å². The normalized spacial score (nSPS) is 21.4. The van der Waals surface area contributed by atoms with Crippen LogP contribution in [-0.2, 0) is 9.59 Å². The van der Waals surface area contributed by atoms with Crippen LogP contribution in [-0.4, -0.2) is 29.5 Å². The molecule has 0 saturated carbocycles. The van der Waals surface area contributed by atoms with Gasteiger partial charge in [0.25, 0.3) is 11.8 Å². The van der Waals surface area contributed by atoms with Crippen LogP contribution >= 0.6 is 23.8 Å². The molecule has 0 radical (unpaired) electrons. The lowest BCUT2D eigenvalue weighted by Crippen LogP contribution is -2.54. The number of hydrogen-bond acceptors (Lipinski definition) is 4. The van der Waals surface area contributed by atoms with Gasteiger partial charge >= 0.3 is 0 Å². The maximum Gasteiger partial charge on any atom is 0.270 e. The molecule has 0 bridgehead atoms. The van der Waals surface area contributed by atoms with Crippen molar-refractivity contribution in [1.29, 1.82) is 0 Å². The van der Waals surface area contributed by atoms with Crippen molar-refractivity contribution in [2.75, 3.05) is 16.8 Å². The first-order valence-corrected chi connectivity index (χ1v) is 11.8. The Morgan fingerprint density at radius 1 is 1.15 bits per heavy atom. The van der Waals surface area contributed by atoms with Crippen molar-refractivity contribution < 1.29 is 9.59 Å². The van der Waals surface area contributed by atoms with E-state index in [1.165, 1.54) is 4.90 Å². The Balaban J connectivity index is 1.78. The summed E-state index contributed by atoms with van der Waals surface area (Å²) in [5, 5.41) is 3.22. The van der Waals surface area contributed by atoms with E-state index >= 15 is 0 Å². The third-order valence-electron chi connectivity index (χ3n) is 6.75. The Bertz CT molecular complexity index is 1230. The molecule has 2 amide bonds. The summed E-state index contributed by atoms with van der Waals surface area (Å²) in [6, 6.07) is 9.66. The highest BCUT2D eigenvalue weighted by atomic mass is 35.5. The topological polar surface area (TPSA) is 52.7 Å². The molecule has 1 atom stereocenters. The molecule has 0 unspecified atom stereocenters. The van der Waals surface area contributed by atoms with Crippen molar-refractivity contribution in [1.82, 2.24) is 5.32 Å². The number of halogens is 1. The first-order chi connectivity index (χ1) is 15.4. The predicted molar refractivity (Wildman–Crippen MR) is 139 cm³/mol. The molecule has 2 aromatic rings. The Morgan fingerprint density at radius 3 is 2.52 bits per heavy atom. The summed E-state index contributed by atoms with van der Waals surface area (Å²) in [6.45, 7) is 10.5. The number of carbonyl (C=O) groups excluding carboxylic acids is 2. The SMILES string of the molecule is Cc1ccc(N2C(=O)/C(=C/c3cc4c(cc3Cl)N(C)C(C)(C)C[C@H]4C)C(=O)NC2=S)c(C)c1. The number of nitrogens with one attached hydrogen (secondary N) is 1. The third kappa shape index (κ3) is 4.06. The van der Waals surface area contributed by atoms with Crippen LogP contribution in [0.4, 0.5) is 11.4 Å². The van der Waals surface area contributed by atoms with Gasteiger partial charge in [0.15, 0.2) is 5.11 Å². The molecular weight excluding hydrogens is 454 g/mol. The molecule has 0 aliphatic carbocycles. The van der Waals surface area contributed by atoms with E-state index in [1.54, 1.807) is 6.08 Å². The van der Waals surface area contributed by atoms with E-state index in [1.807, 2.05) is 44.2 Å². The van der Waals surface area contributed by atoms with Crippen molar-refractivity contribution in [3.63, 3.8) is 0 Å². The predicted octanol–water partition coefficient (Wildman–Crippen LogP) is 5.51. The van der Waals surface area contributed by atoms with E-state index in [0.29, 0.717) is 22.2 Å². The van der Waals surface area contributed by atoms with Crippen molar-refractivity contribution in [3.8, 4) is 0 Å². The fourth-order valence-electron chi connectivity index (χ4n) is 4.80. The number of benzene rings is 2. The Hall–Kier alpha value is -2.70. The Labute approximate surface area is 205 Å².